The predicted molar refractivity (Wildman–Crippen MR) is 121 cm³/mol. The molecule has 1 N–H and O–H groups in total. The third-order valence-electron chi connectivity index (χ3n) is 5.67. The van der Waals surface area contributed by atoms with Gasteiger partial charge < -0.3 is 15.0 Å². The van der Waals surface area contributed by atoms with Crippen LogP contribution in [0.2, 0.25) is 0 Å². The Balaban J connectivity index is 1.59. The Bertz CT molecular complexity index is 985. The van der Waals surface area contributed by atoms with Crippen molar-refractivity contribution in [1.82, 2.24) is 14.8 Å². The van der Waals surface area contributed by atoms with Crippen molar-refractivity contribution in [2.75, 3.05) is 41.4 Å². The largest absolute Gasteiger partial charge is 0.378 e. The second-order valence-corrected chi connectivity index (χ2v) is 9.40. The number of nitrogens with zero attached hydrogens (tertiary/aromatic N) is 5. The highest BCUT2D eigenvalue weighted by molar-refractivity contribution is 8.00. The summed E-state index contributed by atoms with van der Waals surface area (Å²) in [6.45, 7) is 11.0. The molecule has 3 heterocycles. The molecule has 2 aliphatic rings. The molecule has 0 aliphatic carbocycles. The minimum Gasteiger partial charge on any atom is -0.378 e. The Labute approximate surface area is 186 Å². The zero-order chi connectivity index (χ0) is 22.2. The lowest BCUT2D eigenvalue weighted by Gasteiger charge is -2.43. The average Bonchev–Trinajstić information content (AvgIpc) is 3.17. The number of ether oxygens (including phenoxy) is 1. The van der Waals surface area contributed by atoms with Gasteiger partial charge in [0.15, 0.2) is 5.16 Å². The first-order valence-corrected chi connectivity index (χ1v) is 11.4. The molecule has 0 bridgehead atoms. The maximum Gasteiger partial charge on any atom is 0.250 e. The van der Waals surface area contributed by atoms with E-state index in [1.807, 2.05) is 42.7 Å². The highest BCUT2D eigenvalue weighted by Crippen LogP contribution is 2.38. The van der Waals surface area contributed by atoms with Gasteiger partial charge in [0.1, 0.15) is 5.54 Å². The van der Waals surface area contributed by atoms with Gasteiger partial charge in [0.2, 0.25) is 17.8 Å². The van der Waals surface area contributed by atoms with E-state index in [-0.39, 0.29) is 11.8 Å². The molecule has 1 saturated heterocycles. The molecule has 10 heteroatoms. The molecule has 2 aliphatic heterocycles. The molecule has 1 atom stereocenters. The van der Waals surface area contributed by atoms with Crippen LogP contribution < -0.4 is 15.1 Å². The predicted octanol–water partition coefficient (Wildman–Crippen LogP) is 2.38. The zero-order valence-electron chi connectivity index (χ0n) is 18.3. The van der Waals surface area contributed by atoms with E-state index in [0.717, 1.165) is 19.0 Å². The number of anilines is 3. The Kier molecular flexibility index (Phi) is 5.94. The van der Waals surface area contributed by atoms with Crippen molar-refractivity contribution < 1.29 is 14.3 Å². The molecule has 1 unspecified atom stereocenters. The molecule has 9 nitrogen and oxygen atoms in total. The Morgan fingerprint density at radius 2 is 1.97 bits per heavy atom. The molecule has 1 aromatic carbocycles. The maximum absolute atomic E-state index is 13.6. The summed E-state index contributed by atoms with van der Waals surface area (Å²) in [6, 6.07) is 7.38. The lowest BCUT2D eigenvalue weighted by molar-refractivity contribution is -0.126. The first-order valence-electron chi connectivity index (χ1n) is 10.5. The number of amides is 2. The first-order chi connectivity index (χ1) is 14.8. The van der Waals surface area contributed by atoms with Crippen LogP contribution in [-0.2, 0) is 20.9 Å². The summed E-state index contributed by atoms with van der Waals surface area (Å²) in [5, 5.41) is 11.9. The summed E-state index contributed by atoms with van der Waals surface area (Å²) in [4.78, 5) is 30.0. The van der Waals surface area contributed by atoms with Gasteiger partial charge in [-0.25, -0.2) is 0 Å². The van der Waals surface area contributed by atoms with E-state index in [2.05, 4.69) is 20.4 Å². The van der Waals surface area contributed by atoms with Crippen LogP contribution >= 0.6 is 11.8 Å². The number of thioether (sulfide) groups is 1. The van der Waals surface area contributed by atoms with Crippen molar-refractivity contribution in [3.8, 4) is 0 Å². The van der Waals surface area contributed by atoms with Crippen LogP contribution in [0.15, 0.2) is 29.4 Å². The van der Waals surface area contributed by atoms with Gasteiger partial charge in [0, 0.05) is 19.6 Å². The number of fused-ring (bicyclic) bond motifs is 1. The van der Waals surface area contributed by atoms with E-state index in [1.165, 1.54) is 11.8 Å². The molecular weight excluding hydrogens is 416 g/mol. The van der Waals surface area contributed by atoms with Crippen LogP contribution in [0.4, 0.5) is 17.3 Å². The number of carbonyl (C=O) groups excluding carboxylic acids is 2. The minimum atomic E-state index is -1.00. The van der Waals surface area contributed by atoms with E-state index < -0.39 is 10.8 Å². The topological polar surface area (TPSA) is 92.6 Å². The van der Waals surface area contributed by atoms with Crippen molar-refractivity contribution in [3.63, 3.8) is 0 Å². The summed E-state index contributed by atoms with van der Waals surface area (Å²) in [6.07, 6.45) is 0. The van der Waals surface area contributed by atoms with Gasteiger partial charge in [-0.1, -0.05) is 23.9 Å². The summed E-state index contributed by atoms with van der Waals surface area (Å²) < 4.78 is 7.46. The highest BCUT2D eigenvalue weighted by Gasteiger charge is 2.45. The SMILES string of the molecule is CCn1c(SC(C)C(=O)N2c3ccccc3NC(=O)C2(C)C)nnc1N1CCOCC1. The van der Waals surface area contributed by atoms with E-state index >= 15 is 0 Å². The standard InChI is InChI=1S/C21H28N6O3S/c1-5-26-19(25-10-12-30-13-11-25)23-24-20(26)31-14(2)17(28)27-16-9-7-6-8-15(16)22-18(29)21(27,3)4/h6-9,14H,5,10-13H2,1-4H3,(H,22,29). The fourth-order valence-electron chi connectivity index (χ4n) is 3.88. The molecule has 0 saturated carbocycles. The molecular formula is C21H28N6O3S. The van der Waals surface area contributed by atoms with Gasteiger partial charge >= 0.3 is 0 Å². The Morgan fingerprint density at radius 1 is 1.26 bits per heavy atom. The van der Waals surface area contributed by atoms with Crippen molar-refractivity contribution in [2.24, 2.45) is 0 Å². The third kappa shape index (κ3) is 3.89. The van der Waals surface area contributed by atoms with Crippen LogP contribution in [0.3, 0.4) is 0 Å². The number of morpholine rings is 1. The molecule has 166 valence electrons. The van der Waals surface area contributed by atoms with Gasteiger partial charge in [-0.05, 0) is 39.8 Å². The van der Waals surface area contributed by atoms with Crippen LogP contribution in [0, 0.1) is 0 Å². The molecule has 1 fully saturated rings. The Hall–Kier alpha value is -2.59. The lowest BCUT2D eigenvalue weighted by atomic mass is 9.96. The second kappa shape index (κ2) is 8.51. The van der Waals surface area contributed by atoms with Gasteiger partial charge in [0.25, 0.3) is 0 Å². The molecule has 1 aromatic heterocycles. The summed E-state index contributed by atoms with van der Waals surface area (Å²) in [7, 11) is 0. The second-order valence-electron chi connectivity index (χ2n) is 8.09. The number of aromatic nitrogens is 3. The van der Waals surface area contributed by atoms with Gasteiger partial charge in [-0.2, -0.15) is 0 Å². The number of hydrogen-bond acceptors (Lipinski definition) is 7. The van der Waals surface area contributed by atoms with Crippen LogP contribution in [0.1, 0.15) is 27.7 Å². The van der Waals surface area contributed by atoms with E-state index in [4.69, 9.17) is 4.74 Å². The van der Waals surface area contributed by atoms with Gasteiger partial charge in [-0.3, -0.25) is 19.1 Å². The van der Waals surface area contributed by atoms with Crippen LogP contribution in [-0.4, -0.2) is 63.7 Å². The quantitative estimate of drug-likeness (QED) is 0.708. The zero-order valence-corrected chi connectivity index (χ0v) is 19.1. The van der Waals surface area contributed by atoms with Crippen molar-refractivity contribution in [1.29, 1.82) is 0 Å². The average molecular weight is 445 g/mol. The smallest absolute Gasteiger partial charge is 0.250 e. The number of para-hydroxylation sites is 2. The summed E-state index contributed by atoms with van der Waals surface area (Å²) in [5.41, 5.74) is 0.344. The van der Waals surface area contributed by atoms with Crippen molar-refractivity contribution in [2.45, 2.75) is 50.2 Å². The molecule has 0 radical (unpaired) electrons. The summed E-state index contributed by atoms with van der Waals surface area (Å²) in [5.74, 6) is 0.454. The van der Waals surface area contributed by atoms with Gasteiger partial charge in [-0.15, -0.1) is 10.2 Å². The number of rotatable bonds is 5. The molecule has 2 aromatic rings. The molecule has 2 amide bonds. The normalized spacial score (nSPS) is 19.0. The molecule has 31 heavy (non-hydrogen) atoms. The number of benzene rings is 1. The molecule has 4 rings (SSSR count). The number of hydrogen-bond donors (Lipinski definition) is 1. The highest BCUT2D eigenvalue weighted by atomic mass is 32.2. The Morgan fingerprint density at radius 3 is 2.68 bits per heavy atom. The van der Waals surface area contributed by atoms with E-state index in [9.17, 15) is 9.59 Å². The van der Waals surface area contributed by atoms with E-state index in [1.54, 1.807) is 18.7 Å². The van der Waals surface area contributed by atoms with Crippen molar-refractivity contribution in [3.05, 3.63) is 24.3 Å². The van der Waals surface area contributed by atoms with Crippen molar-refractivity contribution >= 4 is 40.9 Å². The molecule has 0 spiro atoms. The minimum absolute atomic E-state index is 0.143. The fraction of sp³-hybridized carbons (Fsp3) is 0.524. The number of carbonyl (C=O) groups is 2. The monoisotopic (exact) mass is 444 g/mol. The van der Waals surface area contributed by atoms with Crippen LogP contribution in [0.25, 0.3) is 0 Å². The maximum atomic E-state index is 13.6. The fourth-order valence-corrected chi connectivity index (χ4v) is 4.83. The lowest BCUT2D eigenvalue weighted by Crippen LogP contribution is -2.60. The number of nitrogens with one attached hydrogen (secondary N) is 1. The van der Waals surface area contributed by atoms with E-state index in [0.29, 0.717) is 36.3 Å². The summed E-state index contributed by atoms with van der Waals surface area (Å²) >= 11 is 1.37. The third-order valence-corrected chi connectivity index (χ3v) is 6.73. The van der Waals surface area contributed by atoms with Gasteiger partial charge in [0.05, 0.1) is 29.8 Å². The van der Waals surface area contributed by atoms with Crippen LogP contribution in [0.5, 0.6) is 0 Å². The first kappa shape index (κ1) is 21.6.